The van der Waals surface area contributed by atoms with Crippen molar-refractivity contribution in [2.75, 3.05) is 6.61 Å². The van der Waals surface area contributed by atoms with E-state index in [1.165, 1.54) is 5.56 Å². The quantitative estimate of drug-likeness (QED) is 0.380. The minimum Gasteiger partial charge on any atom is -0.479 e. The number of rotatable bonds is 7. The van der Waals surface area contributed by atoms with E-state index in [0.29, 0.717) is 15.7 Å². The van der Waals surface area contributed by atoms with Crippen molar-refractivity contribution in [1.82, 2.24) is 14.9 Å². The number of hydrogen-bond donors (Lipinski definition) is 1. The summed E-state index contributed by atoms with van der Waals surface area (Å²) >= 11 is 6.81. The van der Waals surface area contributed by atoms with Gasteiger partial charge in [-0.1, -0.05) is 42.1 Å². The van der Waals surface area contributed by atoms with E-state index in [1.807, 2.05) is 36.4 Å². The summed E-state index contributed by atoms with van der Waals surface area (Å²) in [4.78, 5) is 0. The number of ether oxygens (including phenoxy) is 1. The Morgan fingerprint density at radius 1 is 1.23 bits per heavy atom. The fraction of sp³-hybridized carbons (Fsp3) is 0.111. The summed E-state index contributed by atoms with van der Waals surface area (Å²) in [6.07, 6.45) is 1.70. The van der Waals surface area contributed by atoms with Gasteiger partial charge in [0.2, 0.25) is 9.93 Å². The number of thioether (sulfide) groups is 1. The molecule has 6 nitrogen and oxygen atoms in total. The molecule has 130 valence electrons. The minimum absolute atomic E-state index is 0.0274. The van der Waals surface area contributed by atoms with Crippen LogP contribution >= 0.6 is 24.0 Å². The fourth-order valence-electron chi connectivity index (χ4n) is 2.08. The molecule has 0 aliphatic rings. The van der Waals surface area contributed by atoms with Crippen LogP contribution in [0.3, 0.4) is 0 Å². The van der Waals surface area contributed by atoms with Crippen LogP contribution in [-0.4, -0.2) is 27.7 Å². The molecular formula is C18H15N5OS2. The Morgan fingerprint density at radius 3 is 2.73 bits per heavy atom. The van der Waals surface area contributed by atoms with Gasteiger partial charge in [0.1, 0.15) is 11.8 Å². The number of nitrogens with one attached hydrogen (secondary N) is 1. The number of aromatic nitrogens is 3. The van der Waals surface area contributed by atoms with Crippen molar-refractivity contribution in [2.45, 2.75) is 10.9 Å². The molecule has 0 fully saturated rings. The first-order valence-corrected chi connectivity index (χ1v) is 9.14. The second-order valence-corrected chi connectivity index (χ2v) is 6.49. The van der Waals surface area contributed by atoms with E-state index in [4.69, 9.17) is 22.2 Å². The average Bonchev–Trinajstić information content (AvgIpc) is 3.04. The van der Waals surface area contributed by atoms with Gasteiger partial charge < -0.3 is 4.74 Å². The van der Waals surface area contributed by atoms with E-state index in [-0.39, 0.29) is 6.61 Å². The highest BCUT2D eigenvalue weighted by atomic mass is 32.2. The number of benzene rings is 2. The maximum absolute atomic E-state index is 8.52. The Labute approximate surface area is 160 Å². The first-order valence-electron chi connectivity index (χ1n) is 7.74. The summed E-state index contributed by atoms with van der Waals surface area (Å²) in [6, 6.07) is 19.4. The molecule has 0 radical (unpaired) electrons. The minimum atomic E-state index is 0.0274. The van der Waals surface area contributed by atoms with Crippen LogP contribution in [0.5, 0.6) is 5.75 Å². The lowest BCUT2D eigenvalue weighted by molar-refractivity contribution is 0.368. The lowest BCUT2D eigenvalue weighted by Gasteiger charge is -2.02. The highest BCUT2D eigenvalue weighted by Crippen LogP contribution is 2.21. The summed E-state index contributed by atoms with van der Waals surface area (Å²) in [5, 5.41) is 20.6. The zero-order valence-electron chi connectivity index (χ0n) is 13.7. The van der Waals surface area contributed by atoms with Crippen molar-refractivity contribution in [1.29, 1.82) is 5.26 Å². The van der Waals surface area contributed by atoms with Crippen molar-refractivity contribution in [3.63, 3.8) is 0 Å². The fourth-order valence-corrected chi connectivity index (χ4v) is 3.18. The predicted molar refractivity (Wildman–Crippen MR) is 104 cm³/mol. The average molecular weight is 381 g/mol. The highest BCUT2D eigenvalue weighted by molar-refractivity contribution is 7.98. The summed E-state index contributed by atoms with van der Waals surface area (Å²) in [5.74, 6) is 1.42. The van der Waals surface area contributed by atoms with Crippen LogP contribution in [-0.2, 0) is 5.75 Å². The molecule has 0 bridgehead atoms. The molecule has 3 rings (SSSR count). The molecule has 1 aromatic heterocycles. The molecular weight excluding hydrogens is 366 g/mol. The standard InChI is InChI=1S/C18H15N5OS2/c19-10-11-24-16-8-6-14(7-9-16)12-20-23-17(25)21-22-18(23)26-13-15-4-2-1-3-5-15/h1-9,12H,11,13H2,(H,21,25)/b20-12-. The van der Waals surface area contributed by atoms with Gasteiger partial charge >= 0.3 is 0 Å². The molecule has 0 spiro atoms. The molecule has 8 heteroatoms. The third-order valence-electron chi connectivity index (χ3n) is 3.34. The van der Waals surface area contributed by atoms with Gasteiger partial charge in [-0.15, -0.1) is 5.10 Å². The molecule has 0 atom stereocenters. The van der Waals surface area contributed by atoms with Gasteiger partial charge in [0.05, 0.1) is 6.21 Å². The van der Waals surface area contributed by atoms with E-state index in [2.05, 4.69) is 27.4 Å². The first kappa shape index (κ1) is 17.9. The van der Waals surface area contributed by atoms with Gasteiger partial charge in [-0.25, -0.2) is 5.10 Å². The summed E-state index contributed by atoms with van der Waals surface area (Å²) in [5.41, 5.74) is 2.09. The SMILES string of the molecule is N#CCOc1ccc(/C=N\n2c(SCc3ccccc3)n[nH]c2=S)cc1. The normalized spacial score (nSPS) is 10.7. The molecule has 2 aromatic carbocycles. The lowest BCUT2D eigenvalue weighted by atomic mass is 10.2. The maximum atomic E-state index is 8.52. The zero-order chi connectivity index (χ0) is 18.2. The van der Waals surface area contributed by atoms with Crippen LogP contribution < -0.4 is 4.74 Å². The van der Waals surface area contributed by atoms with Crippen LogP contribution in [0.1, 0.15) is 11.1 Å². The number of aromatic amines is 1. The van der Waals surface area contributed by atoms with Crippen molar-refractivity contribution >= 4 is 30.2 Å². The Balaban J connectivity index is 1.69. The second-order valence-electron chi connectivity index (χ2n) is 5.16. The van der Waals surface area contributed by atoms with Crippen molar-refractivity contribution in [2.24, 2.45) is 5.10 Å². The van der Waals surface area contributed by atoms with Crippen molar-refractivity contribution in [3.05, 3.63) is 70.5 Å². The second kappa shape index (κ2) is 8.99. The third-order valence-corrected chi connectivity index (χ3v) is 4.60. The van der Waals surface area contributed by atoms with Gasteiger partial charge in [-0.3, -0.25) is 0 Å². The monoisotopic (exact) mass is 381 g/mol. The Hall–Kier alpha value is -2.89. The smallest absolute Gasteiger partial charge is 0.217 e. The van der Waals surface area contributed by atoms with Gasteiger partial charge in [-0.05, 0) is 47.6 Å². The van der Waals surface area contributed by atoms with Crippen LogP contribution in [0.2, 0.25) is 0 Å². The molecule has 0 saturated carbocycles. The van der Waals surface area contributed by atoms with E-state index in [9.17, 15) is 0 Å². The molecule has 1 N–H and O–H groups in total. The molecule has 26 heavy (non-hydrogen) atoms. The Kier molecular flexibility index (Phi) is 6.19. The summed E-state index contributed by atoms with van der Waals surface area (Å²) in [7, 11) is 0. The van der Waals surface area contributed by atoms with Gasteiger partial charge in [0.15, 0.2) is 6.61 Å². The molecule has 3 aromatic rings. The molecule has 0 aliphatic carbocycles. The van der Waals surface area contributed by atoms with Crippen LogP contribution in [0.25, 0.3) is 0 Å². The molecule has 0 aliphatic heterocycles. The zero-order valence-corrected chi connectivity index (χ0v) is 15.3. The molecule has 0 unspecified atom stereocenters. The van der Waals surface area contributed by atoms with E-state index in [0.717, 1.165) is 11.3 Å². The van der Waals surface area contributed by atoms with Gasteiger partial charge in [-0.2, -0.15) is 15.0 Å². The predicted octanol–water partition coefficient (Wildman–Crippen LogP) is 4.02. The van der Waals surface area contributed by atoms with Crippen molar-refractivity contribution < 1.29 is 4.74 Å². The van der Waals surface area contributed by atoms with Gasteiger partial charge in [0.25, 0.3) is 0 Å². The number of nitriles is 1. The molecule has 0 saturated heterocycles. The topological polar surface area (TPSA) is 79.0 Å². The first-order chi connectivity index (χ1) is 12.8. The van der Waals surface area contributed by atoms with Crippen LogP contribution in [0.4, 0.5) is 0 Å². The van der Waals surface area contributed by atoms with E-state index < -0.39 is 0 Å². The highest BCUT2D eigenvalue weighted by Gasteiger charge is 2.06. The summed E-state index contributed by atoms with van der Waals surface area (Å²) < 4.78 is 7.26. The largest absolute Gasteiger partial charge is 0.479 e. The lowest BCUT2D eigenvalue weighted by Crippen LogP contribution is -1.95. The van der Waals surface area contributed by atoms with E-state index >= 15 is 0 Å². The summed E-state index contributed by atoms with van der Waals surface area (Å²) in [6.45, 7) is 0.0274. The van der Waals surface area contributed by atoms with Crippen LogP contribution in [0.15, 0.2) is 64.9 Å². The van der Waals surface area contributed by atoms with Crippen LogP contribution in [0, 0.1) is 16.1 Å². The molecule has 0 amide bonds. The van der Waals surface area contributed by atoms with Crippen molar-refractivity contribution in [3.8, 4) is 11.8 Å². The number of H-pyrrole nitrogens is 1. The third kappa shape index (κ3) is 4.81. The number of hydrogen-bond acceptors (Lipinski definition) is 6. The Morgan fingerprint density at radius 2 is 2.00 bits per heavy atom. The van der Waals surface area contributed by atoms with Gasteiger partial charge in [0, 0.05) is 5.75 Å². The Bertz CT molecular complexity index is 971. The number of nitrogens with zero attached hydrogens (tertiary/aromatic N) is 4. The van der Waals surface area contributed by atoms with E-state index in [1.54, 1.807) is 34.8 Å². The molecule has 1 heterocycles. The maximum Gasteiger partial charge on any atom is 0.217 e.